The number of halogens is 2. The summed E-state index contributed by atoms with van der Waals surface area (Å²) in [5.41, 5.74) is 0. The Morgan fingerprint density at radius 1 is 1.38 bits per heavy atom. The van der Waals surface area contributed by atoms with Gasteiger partial charge in [-0.15, -0.1) is 0 Å². The Morgan fingerprint density at radius 2 is 1.92 bits per heavy atom. The third-order valence-electron chi connectivity index (χ3n) is 0.836. The minimum absolute atomic E-state index is 0.125. The monoisotopic (exact) mass is 192 g/mol. The molecule has 0 heterocycles. The molecule has 1 N–H and O–H groups in total. The number of alkyl halides is 2. The average molecular weight is 192 g/mol. The molecule has 0 aliphatic carbocycles. The summed E-state index contributed by atoms with van der Waals surface area (Å²) in [4.78, 5) is 20.3. The highest BCUT2D eigenvalue weighted by atomic mass is 19.3. The van der Waals surface area contributed by atoms with E-state index in [1.165, 1.54) is 0 Å². The molecule has 0 aliphatic rings. The van der Waals surface area contributed by atoms with Crippen molar-refractivity contribution in [2.24, 2.45) is 0 Å². The van der Waals surface area contributed by atoms with Gasteiger partial charge in [0.05, 0.1) is 0 Å². The Bertz CT molecular complexity index is 257. The second kappa shape index (κ2) is 4.34. The number of hydrogen-bond donors (Lipinski definition) is 1. The number of esters is 1. The lowest BCUT2D eigenvalue weighted by molar-refractivity contribution is -0.202. The highest BCUT2D eigenvalue weighted by molar-refractivity contribution is 5.90. The van der Waals surface area contributed by atoms with E-state index in [1.807, 2.05) is 0 Å². The molecule has 0 aromatic heterocycles. The van der Waals surface area contributed by atoms with Crippen LogP contribution in [0.1, 0.15) is 0 Å². The minimum Gasteiger partial charge on any atom is -0.478 e. The second-order valence-electron chi connectivity index (χ2n) is 1.86. The Labute approximate surface area is 72.1 Å². The van der Waals surface area contributed by atoms with Crippen molar-refractivity contribution in [2.75, 3.05) is 0 Å². The van der Waals surface area contributed by atoms with Crippen LogP contribution in [0.15, 0.2) is 24.8 Å². The molecule has 0 aromatic rings. The molecule has 0 atom stereocenters. The Balaban J connectivity index is 4.17. The number of carboxylic acid groups (broad SMARTS) is 1. The van der Waals surface area contributed by atoms with Crippen LogP contribution in [0.4, 0.5) is 8.78 Å². The van der Waals surface area contributed by atoms with Crippen molar-refractivity contribution in [3.8, 4) is 0 Å². The van der Waals surface area contributed by atoms with Gasteiger partial charge in [-0.25, -0.2) is 9.59 Å². The van der Waals surface area contributed by atoms with Crippen molar-refractivity contribution >= 4 is 11.9 Å². The topological polar surface area (TPSA) is 63.6 Å². The molecule has 0 rings (SSSR count). The summed E-state index contributed by atoms with van der Waals surface area (Å²) < 4.78 is 27.9. The van der Waals surface area contributed by atoms with Gasteiger partial charge in [0.25, 0.3) is 0 Å². The zero-order valence-electron chi connectivity index (χ0n) is 6.37. The Kier molecular flexibility index (Phi) is 3.77. The molecule has 6 heteroatoms. The molecule has 4 nitrogen and oxygen atoms in total. The molecule has 0 saturated carbocycles. The maximum absolute atomic E-state index is 12.2. The zero-order valence-corrected chi connectivity index (χ0v) is 6.37. The summed E-state index contributed by atoms with van der Waals surface area (Å²) in [6.07, 6.45) is -2.89. The molecule has 13 heavy (non-hydrogen) atoms. The van der Waals surface area contributed by atoms with Gasteiger partial charge in [0, 0.05) is 18.2 Å². The molecule has 0 aliphatic heterocycles. The quantitative estimate of drug-likeness (QED) is 0.409. The maximum atomic E-state index is 12.2. The highest BCUT2D eigenvalue weighted by Gasteiger charge is 2.28. The highest BCUT2D eigenvalue weighted by Crippen LogP contribution is 2.16. The van der Waals surface area contributed by atoms with E-state index in [1.54, 1.807) is 0 Å². The van der Waals surface area contributed by atoms with E-state index in [0.29, 0.717) is 12.2 Å². The van der Waals surface area contributed by atoms with Crippen LogP contribution in [0.3, 0.4) is 0 Å². The lowest BCUT2D eigenvalue weighted by Gasteiger charge is -2.09. The van der Waals surface area contributed by atoms with Gasteiger partial charge in [0.15, 0.2) is 0 Å². The number of hydrogen-bond acceptors (Lipinski definition) is 3. The largest absolute Gasteiger partial charge is 0.478 e. The summed E-state index contributed by atoms with van der Waals surface area (Å²) in [5, 5.41) is 8.02. The molecule has 0 fully saturated rings. The van der Waals surface area contributed by atoms with Crippen molar-refractivity contribution in [1.29, 1.82) is 0 Å². The van der Waals surface area contributed by atoms with Gasteiger partial charge in [0.1, 0.15) is 0 Å². The number of rotatable bonds is 4. The van der Waals surface area contributed by atoms with E-state index in [2.05, 4.69) is 11.3 Å². The second-order valence-corrected chi connectivity index (χ2v) is 1.86. The summed E-state index contributed by atoms with van der Waals surface area (Å²) >= 11 is 0. The van der Waals surface area contributed by atoms with Crippen LogP contribution in [0, 0.1) is 0 Å². The van der Waals surface area contributed by atoms with E-state index >= 15 is 0 Å². The first-order chi connectivity index (χ1) is 5.87. The van der Waals surface area contributed by atoms with Crippen molar-refractivity contribution in [3.05, 3.63) is 24.8 Å². The van der Waals surface area contributed by atoms with Gasteiger partial charge in [0.2, 0.25) is 0 Å². The lowest BCUT2D eigenvalue weighted by Crippen LogP contribution is -2.20. The predicted molar refractivity (Wildman–Crippen MR) is 38.0 cm³/mol. The SMILES string of the molecule is C=CC(F)(F)OC(=O)/C=C/C(=O)O. The first-order valence-corrected chi connectivity index (χ1v) is 3.03. The van der Waals surface area contributed by atoms with E-state index < -0.39 is 18.0 Å². The van der Waals surface area contributed by atoms with Crippen LogP contribution < -0.4 is 0 Å². The Morgan fingerprint density at radius 3 is 2.31 bits per heavy atom. The third-order valence-corrected chi connectivity index (χ3v) is 0.836. The fraction of sp³-hybridized carbons (Fsp3) is 0.143. The minimum atomic E-state index is -3.78. The van der Waals surface area contributed by atoms with Crippen molar-refractivity contribution < 1.29 is 28.2 Å². The molecular weight excluding hydrogens is 186 g/mol. The molecule has 0 unspecified atom stereocenters. The van der Waals surface area contributed by atoms with Gasteiger partial charge >= 0.3 is 18.0 Å². The van der Waals surface area contributed by atoms with E-state index in [0.717, 1.165) is 0 Å². The normalized spacial score (nSPS) is 11.2. The van der Waals surface area contributed by atoms with Gasteiger partial charge in [-0.05, 0) is 0 Å². The third kappa shape index (κ3) is 5.54. The standard InChI is InChI=1S/C7H6F2O4/c1-2-7(8,9)13-6(12)4-3-5(10)11/h2-4H,1H2,(H,10,11)/b4-3+. The van der Waals surface area contributed by atoms with Gasteiger partial charge in [-0.1, -0.05) is 6.58 Å². The molecular formula is C7H6F2O4. The van der Waals surface area contributed by atoms with E-state index in [4.69, 9.17) is 5.11 Å². The van der Waals surface area contributed by atoms with Crippen LogP contribution in [-0.4, -0.2) is 23.2 Å². The van der Waals surface area contributed by atoms with Gasteiger partial charge in [-0.3, -0.25) is 0 Å². The molecule has 0 aromatic carbocycles. The number of carboxylic acids is 1. The molecule has 0 amide bonds. The molecule has 72 valence electrons. The van der Waals surface area contributed by atoms with E-state index in [-0.39, 0.29) is 6.08 Å². The van der Waals surface area contributed by atoms with Crippen LogP contribution in [0.5, 0.6) is 0 Å². The zero-order chi connectivity index (χ0) is 10.5. The first kappa shape index (κ1) is 11.3. The van der Waals surface area contributed by atoms with Crippen LogP contribution >= 0.6 is 0 Å². The number of ether oxygens (including phenoxy) is 1. The van der Waals surface area contributed by atoms with Crippen molar-refractivity contribution in [1.82, 2.24) is 0 Å². The maximum Gasteiger partial charge on any atom is 0.421 e. The first-order valence-electron chi connectivity index (χ1n) is 3.03. The molecule has 0 saturated heterocycles. The van der Waals surface area contributed by atoms with Crippen molar-refractivity contribution in [3.63, 3.8) is 0 Å². The summed E-state index contributed by atoms with van der Waals surface area (Å²) in [7, 11) is 0. The molecule has 0 radical (unpaired) electrons. The van der Waals surface area contributed by atoms with Gasteiger partial charge in [-0.2, -0.15) is 8.78 Å². The van der Waals surface area contributed by atoms with Crippen molar-refractivity contribution in [2.45, 2.75) is 6.11 Å². The summed E-state index contributed by atoms with van der Waals surface area (Å²) in [6, 6.07) is 0. The summed E-state index contributed by atoms with van der Waals surface area (Å²) in [5.74, 6) is -2.88. The number of carbonyl (C=O) groups is 2. The fourth-order valence-electron chi connectivity index (χ4n) is 0.349. The lowest BCUT2D eigenvalue weighted by atomic mass is 10.5. The fourth-order valence-corrected chi connectivity index (χ4v) is 0.349. The number of carbonyl (C=O) groups excluding carboxylic acids is 1. The van der Waals surface area contributed by atoms with Crippen LogP contribution in [0.25, 0.3) is 0 Å². The molecule has 0 spiro atoms. The smallest absolute Gasteiger partial charge is 0.421 e. The Hall–Kier alpha value is -1.72. The molecule has 0 bridgehead atoms. The summed E-state index contributed by atoms with van der Waals surface area (Å²) in [6.45, 7) is 2.71. The van der Waals surface area contributed by atoms with Crippen LogP contribution in [-0.2, 0) is 14.3 Å². The van der Waals surface area contributed by atoms with Gasteiger partial charge < -0.3 is 9.84 Å². The average Bonchev–Trinajstić information content (AvgIpc) is 2.00. The predicted octanol–water partition coefficient (Wildman–Crippen LogP) is 0.949. The van der Waals surface area contributed by atoms with Crippen LogP contribution in [0.2, 0.25) is 0 Å². The van der Waals surface area contributed by atoms with E-state index in [9.17, 15) is 18.4 Å². The number of aliphatic carboxylic acids is 1.